The summed E-state index contributed by atoms with van der Waals surface area (Å²) in [6.07, 6.45) is 6.14. The Morgan fingerprint density at radius 1 is 0.746 bits per heavy atom. The van der Waals surface area contributed by atoms with Gasteiger partial charge in [0.25, 0.3) is 0 Å². The lowest BCUT2D eigenvalue weighted by Crippen LogP contribution is -2.51. The predicted molar refractivity (Wildman–Crippen MR) is 237 cm³/mol. The molecule has 4 N–H and O–H groups in total. The molecule has 16 heteroatoms. The van der Waals surface area contributed by atoms with Crippen molar-refractivity contribution in [3.63, 3.8) is 0 Å². The molecule has 1 unspecified atom stereocenters. The zero-order valence-corrected chi connectivity index (χ0v) is 37.4. The van der Waals surface area contributed by atoms with Gasteiger partial charge in [-0.05, 0) is 73.8 Å². The number of methoxy groups -OCH3 is 2. The summed E-state index contributed by atoms with van der Waals surface area (Å²) in [5, 5.41) is 6.50. The maximum atomic E-state index is 13.7. The van der Waals surface area contributed by atoms with Gasteiger partial charge in [-0.15, -0.1) is 0 Å². The molecule has 5 aromatic rings. The van der Waals surface area contributed by atoms with Gasteiger partial charge >= 0.3 is 12.2 Å². The Bertz CT molecular complexity index is 2500. The minimum Gasteiger partial charge on any atom is -0.469 e. The van der Waals surface area contributed by atoms with Gasteiger partial charge in [-0.2, -0.15) is 0 Å². The lowest BCUT2D eigenvalue weighted by atomic mass is 10.0. The van der Waals surface area contributed by atoms with Crippen LogP contribution in [0.5, 0.6) is 5.75 Å². The second-order valence-corrected chi connectivity index (χ2v) is 18.0. The van der Waals surface area contributed by atoms with Crippen molar-refractivity contribution < 1.29 is 33.4 Å². The second-order valence-electron chi connectivity index (χ2n) is 18.0. The van der Waals surface area contributed by atoms with Crippen molar-refractivity contribution in [2.75, 3.05) is 27.3 Å². The maximum Gasteiger partial charge on any atom is 0.407 e. The Balaban J connectivity index is 1.05. The van der Waals surface area contributed by atoms with Crippen molar-refractivity contribution in [1.29, 1.82) is 0 Å². The van der Waals surface area contributed by atoms with Crippen LogP contribution in [0.4, 0.5) is 9.59 Å². The van der Waals surface area contributed by atoms with Crippen LogP contribution in [0.25, 0.3) is 44.7 Å². The van der Waals surface area contributed by atoms with Gasteiger partial charge in [0.2, 0.25) is 11.8 Å². The number of alkyl carbamates (subject to hydrolysis) is 2. The smallest absolute Gasteiger partial charge is 0.407 e. The summed E-state index contributed by atoms with van der Waals surface area (Å²) in [5.41, 5.74) is 6.68. The lowest BCUT2D eigenvalue weighted by molar-refractivity contribution is -0.136. The van der Waals surface area contributed by atoms with Crippen LogP contribution in [0.15, 0.2) is 54.9 Å². The lowest BCUT2D eigenvalue weighted by Gasteiger charge is -2.31. The monoisotopic (exact) mass is 861 g/mol. The molecule has 0 aliphatic carbocycles. The van der Waals surface area contributed by atoms with E-state index >= 15 is 0 Å². The Morgan fingerprint density at radius 2 is 1.27 bits per heavy atom. The first-order valence-corrected chi connectivity index (χ1v) is 22.1. The second kappa shape index (κ2) is 17.8. The van der Waals surface area contributed by atoms with Crippen LogP contribution in [0.2, 0.25) is 0 Å². The molecular formula is C47H59N9O7. The van der Waals surface area contributed by atoms with E-state index in [9.17, 15) is 19.2 Å². The van der Waals surface area contributed by atoms with Crippen LogP contribution < -0.4 is 15.4 Å². The fourth-order valence-electron chi connectivity index (χ4n) is 9.37. The standard InChI is InChI=1S/C47H59N9O7/c1-25(2)19-39-56-34-16-14-28(32-23-48-42(50-32)35-11-9-17-54(35)44(57)40(26(3)4)52-46(59)61-7)20-30(34)21-37(56)31-15-13-29(22-38(31)63-39)33-24-49-43(51-33)36-12-10-18-55(36)45(58)41(27(5)6)53-47(60)62-8/h13-16,20-27,35-36,39-41H,9-12,17-19H2,1-8H3,(H,48,50)(H,49,51)(H,52,59)(H,53,60)/t35-,36-,39?,40-,41-/m0/s1. The molecule has 0 spiro atoms. The number of aromatic amines is 2. The quantitative estimate of drug-likeness (QED) is 0.0961. The number of carbonyl (C=O) groups is 4. The minimum atomic E-state index is -0.709. The predicted octanol–water partition coefficient (Wildman–Crippen LogP) is 8.11. The van der Waals surface area contributed by atoms with E-state index in [1.807, 2.05) is 49.9 Å². The molecule has 63 heavy (non-hydrogen) atoms. The molecule has 0 bridgehead atoms. The molecule has 16 nitrogen and oxygen atoms in total. The summed E-state index contributed by atoms with van der Waals surface area (Å²) in [6.45, 7) is 13.2. The molecule has 6 heterocycles. The van der Waals surface area contributed by atoms with Crippen LogP contribution in [0.3, 0.4) is 0 Å². The van der Waals surface area contributed by atoms with Crippen LogP contribution >= 0.6 is 0 Å². The van der Waals surface area contributed by atoms with Gasteiger partial charge in [0.1, 0.15) is 29.5 Å². The number of benzene rings is 2. The van der Waals surface area contributed by atoms with Gasteiger partial charge in [-0.1, -0.05) is 53.7 Å². The van der Waals surface area contributed by atoms with Gasteiger partial charge in [0, 0.05) is 41.6 Å². The van der Waals surface area contributed by atoms with Crippen molar-refractivity contribution in [3.05, 3.63) is 66.5 Å². The summed E-state index contributed by atoms with van der Waals surface area (Å²) in [5.74, 6) is 2.03. The summed E-state index contributed by atoms with van der Waals surface area (Å²) < 4.78 is 18.8. The highest BCUT2D eigenvalue weighted by Gasteiger charge is 2.39. The van der Waals surface area contributed by atoms with Crippen molar-refractivity contribution in [2.45, 2.75) is 104 Å². The minimum absolute atomic E-state index is 0.120. The number of amides is 4. The number of fused-ring (bicyclic) bond motifs is 5. The average Bonchev–Trinajstić information content (AvgIpc) is 4.12. The molecule has 3 aromatic heterocycles. The highest BCUT2D eigenvalue weighted by Crippen LogP contribution is 2.46. The number of H-pyrrole nitrogens is 2. The SMILES string of the molecule is COC(=O)N[C@H](C(=O)N1CCC[C@H]1c1ncc(-c2ccc3c(c2)OC(CC(C)C)n2c-3cc3cc(-c4cnc([C@@H]5CCCN5C(=O)[C@@H](NC(=O)OC)C(C)C)[nH]4)ccc32)[nH]1)C(C)C. The summed E-state index contributed by atoms with van der Waals surface area (Å²) in [7, 11) is 2.59. The number of hydrogen-bond donors (Lipinski definition) is 4. The number of carbonyl (C=O) groups excluding carboxylic acids is 4. The molecule has 0 saturated carbocycles. The number of nitrogens with zero attached hydrogens (tertiary/aromatic N) is 5. The van der Waals surface area contributed by atoms with Crippen molar-refractivity contribution in [2.24, 2.45) is 17.8 Å². The van der Waals surface area contributed by atoms with E-state index in [0.717, 1.165) is 82.5 Å². The largest absolute Gasteiger partial charge is 0.469 e. The highest BCUT2D eigenvalue weighted by atomic mass is 16.5. The van der Waals surface area contributed by atoms with Crippen molar-refractivity contribution >= 4 is 34.9 Å². The number of hydrogen-bond acceptors (Lipinski definition) is 9. The third-order valence-electron chi connectivity index (χ3n) is 12.6. The average molecular weight is 862 g/mol. The summed E-state index contributed by atoms with van der Waals surface area (Å²) in [6, 6.07) is 13.0. The Morgan fingerprint density at radius 3 is 1.78 bits per heavy atom. The van der Waals surface area contributed by atoms with E-state index in [2.05, 4.69) is 81.5 Å². The van der Waals surface area contributed by atoms with E-state index in [1.165, 1.54) is 14.2 Å². The fourth-order valence-corrected chi connectivity index (χ4v) is 9.37. The normalized spacial score (nSPS) is 19.3. The number of nitrogens with one attached hydrogen (secondary N) is 4. The van der Waals surface area contributed by atoms with Gasteiger partial charge < -0.3 is 49.2 Å². The topological polar surface area (TPSA) is 189 Å². The molecule has 4 amide bonds. The zero-order chi connectivity index (χ0) is 44.7. The third-order valence-corrected chi connectivity index (χ3v) is 12.6. The first-order valence-electron chi connectivity index (χ1n) is 22.1. The fraction of sp³-hybridized carbons (Fsp3) is 0.489. The summed E-state index contributed by atoms with van der Waals surface area (Å²) in [4.78, 5) is 71.8. The van der Waals surface area contributed by atoms with Crippen molar-refractivity contribution in [3.8, 4) is 39.5 Å². The Hall–Kier alpha value is -6.32. The van der Waals surface area contributed by atoms with Gasteiger partial charge in [-0.3, -0.25) is 9.59 Å². The molecule has 3 aliphatic rings. The molecule has 2 saturated heterocycles. The van der Waals surface area contributed by atoms with Crippen LogP contribution in [-0.4, -0.2) is 97.7 Å². The molecule has 8 rings (SSSR count). The molecule has 0 radical (unpaired) electrons. The number of aromatic nitrogens is 5. The molecule has 2 aromatic carbocycles. The molecule has 3 aliphatic heterocycles. The molecular weight excluding hydrogens is 803 g/mol. The zero-order valence-electron chi connectivity index (χ0n) is 37.4. The van der Waals surface area contributed by atoms with Crippen molar-refractivity contribution in [1.82, 2.24) is 44.9 Å². The molecule has 5 atom stereocenters. The van der Waals surface area contributed by atoms with E-state index in [4.69, 9.17) is 24.2 Å². The number of imidazole rings is 2. The van der Waals surface area contributed by atoms with E-state index in [-0.39, 0.29) is 42.0 Å². The number of rotatable bonds is 12. The third kappa shape index (κ3) is 8.46. The van der Waals surface area contributed by atoms with Crippen LogP contribution in [0, 0.1) is 17.8 Å². The Labute approximate surface area is 367 Å². The van der Waals surface area contributed by atoms with Crippen LogP contribution in [-0.2, 0) is 19.1 Å². The van der Waals surface area contributed by atoms with E-state index < -0.39 is 24.3 Å². The van der Waals surface area contributed by atoms with Crippen LogP contribution in [0.1, 0.15) is 104 Å². The first-order chi connectivity index (χ1) is 30.3. The summed E-state index contributed by atoms with van der Waals surface area (Å²) >= 11 is 0. The first kappa shape index (κ1) is 43.3. The highest BCUT2D eigenvalue weighted by molar-refractivity contribution is 5.92. The maximum absolute atomic E-state index is 13.7. The van der Waals surface area contributed by atoms with E-state index in [0.29, 0.717) is 30.7 Å². The van der Waals surface area contributed by atoms with Gasteiger partial charge in [0.15, 0.2) is 6.23 Å². The number of likely N-dealkylation sites (tertiary alicyclic amines) is 2. The van der Waals surface area contributed by atoms with Gasteiger partial charge in [0.05, 0.1) is 61.3 Å². The van der Waals surface area contributed by atoms with E-state index in [1.54, 1.807) is 0 Å². The number of ether oxygens (including phenoxy) is 3. The van der Waals surface area contributed by atoms with Gasteiger partial charge in [-0.25, -0.2) is 19.6 Å². The molecule has 334 valence electrons. The Kier molecular flexibility index (Phi) is 12.3. The molecule has 2 fully saturated rings.